The van der Waals surface area contributed by atoms with E-state index in [-0.39, 0.29) is 0 Å². The van der Waals surface area contributed by atoms with Gasteiger partial charge in [-0.15, -0.1) is 0 Å². The molecular weight excluding hydrogens is 216 g/mol. The minimum absolute atomic E-state index is 0.561. The molecule has 0 bridgehead atoms. The third-order valence-electron chi connectivity index (χ3n) is 2.30. The summed E-state index contributed by atoms with van der Waals surface area (Å²) in [7, 11) is 0. The number of aromatic amines is 1. The lowest BCUT2D eigenvalue weighted by Crippen LogP contribution is -2.11. The molecule has 0 amide bonds. The van der Waals surface area contributed by atoms with Crippen molar-refractivity contribution >= 4 is 22.9 Å². The molecule has 2 rings (SSSR count). The molecule has 2 aromatic rings. The first-order valence-corrected chi connectivity index (χ1v) is 5.89. The van der Waals surface area contributed by atoms with E-state index in [0.717, 1.165) is 24.4 Å². The van der Waals surface area contributed by atoms with Gasteiger partial charge in [-0.05, 0) is 12.8 Å². The second-order valence-electron chi connectivity index (χ2n) is 4.30. The van der Waals surface area contributed by atoms with Gasteiger partial charge in [-0.2, -0.15) is 9.97 Å². The highest BCUT2D eigenvalue weighted by atomic mass is 15.2. The maximum absolute atomic E-state index is 4.43. The van der Waals surface area contributed by atoms with E-state index in [9.17, 15) is 0 Å². The van der Waals surface area contributed by atoms with Gasteiger partial charge < -0.3 is 15.6 Å². The Morgan fingerprint density at radius 1 is 1.29 bits per heavy atom. The van der Waals surface area contributed by atoms with Gasteiger partial charge in [0.1, 0.15) is 5.52 Å². The number of nitrogens with one attached hydrogen (secondary N) is 3. The van der Waals surface area contributed by atoms with Gasteiger partial charge in [0.05, 0.1) is 6.33 Å². The molecular formula is C11H18N6. The topological polar surface area (TPSA) is 78.5 Å². The largest absolute Gasteiger partial charge is 0.368 e. The van der Waals surface area contributed by atoms with Crippen LogP contribution in [0.1, 0.15) is 20.8 Å². The molecule has 0 unspecified atom stereocenters. The maximum Gasteiger partial charge on any atom is 0.226 e. The van der Waals surface area contributed by atoms with E-state index in [2.05, 4.69) is 44.4 Å². The van der Waals surface area contributed by atoms with E-state index in [1.54, 1.807) is 6.33 Å². The Bertz CT molecular complexity index is 490. The standard InChI is InChI=1S/C11H18N6/c1-4-12-11-16-9(13-5-7(2)3)8-10(17-11)15-6-14-8/h6-7H,4-5H2,1-3H3,(H3,12,13,14,15,16,17). The van der Waals surface area contributed by atoms with Crippen LogP contribution in [0.5, 0.6) is 0 Å². The van der Waals surface area contributed by atoms with Crippen LogP contribution in [-0.2, 0) is 0 Å². The summed E-state index contributed by atoms with van der Waals surface area (Å²) in [6.45, 7) is 7.99. The molecule has 0 aliphatic carbocycles. The van der Waals surface area contributed by atoms with Crippen molar-refractivity contribution in [2.24, 2.45) is 5.92 Å². The third-order valence-corrected chi connectivity index (χ3v) is 2.30. The van der Waals surface area contributed by atoms with Crippen LogP contribution in [0.25, 0.3) is 11.2 Å². The lowest BCUT2D eigenvalue weighted by atomic mass is 10.2. The number of aromatic nitrogens is 4. The Hall–Kier alpha value is -1.85. The van der Waals surface area contributed by atoms with Gasteiger partial charge in [0.25, 0.3) is 0 Å². The van der Waals surface area contributed by atoms with E-state index in [1.165, 1.54) is 0 Å². The third kappa shape index (κ3) is 2.64. The van der Waals surface area contributed by atoms with Crippen LogP contribution in [0, 0.1) is 5.92 Å². The van der Waals surface area contributed by atoms with Crippen molar-refractivity contribution in [1.29, 1.82) is 0 Å². The highest BCUT2D eigenvalue weighted by Crippen LogP contribution is 2.18. The van der Waals surface area contributed by atoms with Crippen LogP contribution in [0.2, 0.25) is 0 Å². The zero-order valence-electron chi connectivity index (χ0n) is 10.4. The molecule has 0 atom stereocenters. The first kappa shape index (κ1) is 11.6. The molecule has 3 N–H and O–H groups in total. The highest BCUT2D eigenvalue weighted by Gasteiger charge is 2.09. The second-order valence-corrected chi connectivity index (χ2v) is 4.30. The molecule has 2 heterocycles. The molecule has 92 valence electrons. The molecule has 0 aliphatic heterocycles. The van der Waals surface area contributed by atoms with Crippen LogP contribution in [-0.4, -0.2) is 33.0 Å². The zero-order chi connectivity index (χ0) is 12.3. The van der Waals surface area contributed by atoms with Crippen LogP contribution in [0.3, 0.4) is 0 Å². The summed E-state index contributed by atoms with van der Waals surface area (Å²) in [5.41, 5.74) is 1.54. The lowest BCUT2D eigenvalue weighted by Gasteiger charge is -2.10. The number of imidazole rings is 1. The number of nitrogens with zero attached hydrogens (tertiary/aromatic N) is 3. The predicted octanol–water partition coefficient (Wildman–Crippen LogP) is 1.85. The minimum Gasteiger partial charge on any atom is -0.368 e. The Balaban J connectivity index is 2.32. The minimum atomic E-state index is 0.561. The molecule has 0 fully saturated rings. The molecule has 0 saturated heterocycles. The SMILES string of the molecule is CCNc1nc(NCC(C)C)c2[nH]cnc2n1. The molecule has 2 aromatic heterocycles. The van der Waals surface area contributed by atoms with Gasteiger partial charge in [-0.1, -0.05) is 13.8 Å². The first-order chi connectivity index (χ1) is 8.20. The van der Waals surface area contributed by atoms with Crippen LogP contribution >= 0.6 is 0 Å². The maximum atomic E-state index is 4.43. The number of fused-ring (bicyclic) bond motifs is 1. The van der Waals surface area contributed by atoms with Crippen molar-refractivity contribution in [3.8, 4) is 0 Å². The highest BCUT2D eigenvalue weighted by molar-refractivity contribution is 5.83. The molecule has 0 spiro atoms. The summed E-state index contributed by atoms with van der Waals surface area (Å²) in [6, 6.07) is 0. The van der Waals surface area contributed by atoms with Crippen LogP contribution in [0.4, 0.5) is 11.8 Å². The van der Waals surface area contributed by atoms with Crippen molar-refractivity contribution in [2.45, 2.75) is 20.8 Å². The normalized spacial score (nSPS) is 11.1. The fourth-order valence-electron chi connectivity index (χ4n) is 1.50. The number of hydrogen-bond donors (Lipinski definition) is 3. The van der Waals surface area contributed by atoms with Gasteiger partial charge in [0, 0.05) is 13.1 Å². The van der Waals surface area contributed by atoms with Gasteiger partial charge in [-0.25, -0.2) is 4.98 Å². The van der Waals surface area contributed by atoms with Crippen molar-refractivity contribution in [2.75, 3.05) is 23.7 Å². The average Bonchev–Trinajstić information content (AvgIpc) is 2.74. The predicted molar refractivity (Wildman–Crippen MR) is 69.2 cm³/mol. The Morgan fingerprint density at radius 3 is 2.82 bits per heavy atom. The fraction of sp³-hybridized carbons (Fsp3) is 0.545. The number of hydrogen-bond acceptors (Lipinski definition) is 5. The van der Waals surface area contributed by atoms with Crippen molar-refractivity contribution in [1.82, 2.24) is 19.9 Å². The Labute approximate surface area is 100 Å². The number of rotatable bonds is 5. The smallest absolute Gasteiger partial charge is 0.226 e. The second kappa shape index (κ2) is 4.99. The Kier molecular flexibility index (Phi) is 3.41. The van der Waals surface area contributed by atoms with Gasteiger partial charge in [0.15, 0.2) is 11.5 Å². The quantitative estimate of drug-likeness (QED) is 0.736. The molecule has 6 nitrogen and oxygen atoms in total. The zero-order valence-corrected chi connectivity index (χ0v) is 10.4. The molecule has 0 saturated carbocycles. The lowest BCUT2D eigenvalue weighted by molar-refractivity contribution is 0.687. The van der Waals surface area contributed by atoms with Gasteiger partial charge in [-0.3, -0.25) is 0 Å². The molecule has 6 heteroatoms. The van der Waals surface area contributed by atoms with E-state index in [1.807, 2.05) is 6.92 Å². The molecule has 0 aromatic carbocycles. The summed E-state index contributed by atoms with van der Waals surface area (Å²) < 4.78 is 0. The van der Waals surface area contributed by atoms with E-state index >= 15 is 0 Å². The van der Waals surface area contributed by atoms with Crippen LogP contribution < -0.4 is 10.6 Å². The summed E-state index contributed by atoms with van der Waals surface area (Å²) >= 11 is 0. The fourth-order valence-corrected chi connectivity index (χ4v) is 1.50. The van der Waals surface area contributed by atoms with E-state index in [4.69, 9.17) is 0 Å². The molecule has 0 radical (unpaired) electrons. The van der Waals surface area contributed by atoms with Crippen molar-refractivity contribution in [3.05, 3.63) is 6.33 Å². The van der Waals surface area contributed by atoms with E-state index in [0.29, 0.717) is 17.5 Å². The Morgan fingerprint density at radius 2 is 2.12 bits per heavy atom. The van der Waals surface area contributed by atoms with Crippen LogP contribution in [0.15, 0.2) is 6.33 Å². The van der Waals surface area contributed by atoms with Crippen molar-refractivity contribution < 1.29 is 0 Å². The first-order valence-electron chi connectivity index (χ1n) is 5.89. The monoisotopic (exact) mass is 234 g/mol. The molecule has 17 heavy (non-hydrogen) atoms. The number of H-pyrrole nitrogens is 1. The summed E-state index contributed by atoms with van der Waals surface area (Å²) in [6.07, 6.45) is 1.63. The van der Waals surface area contributed by atoms with Gasteiger partial charge >= 0.3 is 0 Å². The summed E-state index contributed by atoms with van der Waals surface area (Å²) in [5, 5.41) is 6.41. The average molecular weight is 234 g/mol. The number of anilines is 2. The summed E-state index contributed by atoms with van der Waals surface area (Å²) in [5.74, 6) is 1.97. The van der Waals surface area contributed by atoms with Crippen molar-refractivity contribution in [3.63, 3.8) is 0 Å². The molecule has 0 aliphatic rings. The van der Waals surface area contributed by atoms with Gasteiger partial charge in [0.2, 0.25) is 5.95 Å². The van der Waals surface area contributed by atoms with E-state index < -0.39 is 0 Å². The summed E-state index contributed by atoms with van der Waals surface area (Å²) in [4.78, 5) is 16.0.